The molecule has 0 spiro atoms. The van der Waals surface area contributed by atoms with E-state index in [0.29, 0.717) is 25.0 Å². The van der Waals surface area contributed by atoms with Gasteiger partial charge in [-0.2, -0.15) is 0 Å². The summed E-state index contributed by atoms with van der Waals surface area (Å²) < 4.78 is 16.3. The van der Waals surface area contributed by atoms with Crippen molar-refractivity contribution in [1.29, 1.82) is 0 Å². The summed E-state index contributed by atoms with van der Waals surface area (Å²) in [6, 6.07) is 7.69. The van der Waals surface area contributed by atoms with Gasteiger partial charge in [0.25, 0.3) is 5.91 Å². The molecule has 3 aliphatic rings. The summed E-state index contributed by atoms with van der Waals surface area (Å²) in [6.45, 7) is 6.12. The molecule has 0 unspecified atom stereocenters. The van der Waals surface area contributed by atoms with Gasteiger partial charge >= 0.3 is 6.16 Å². The Kier molecular flexibility index (Phi) is 6.77. The molecule has 0 radical (unpaired) electrons. The molecule has 1 atom stereocenters. The smallest absolute Gasteiger partial charge is 0.482 e. The predicted molar refractivity (Wildman–Crippen MR) is 113 cm³/mol. The number of anilines is 1. The van der Waals surface area contributed by atoms with E-state index in [-0.39, 0.29) is 18.6 Å². The Morgan fingerprint density at radius 1 is 1.17 bits per heavy atom. The number of piperidine rings is 1. The van der Waals surface area contributed by atoms with Gasteiger partial charge in [0.2, 0.25) is 0 Å². The van der Waals surface area contributed by atoms with Crippen molar-refractivity contribution in [2.75, 3.05) is 44.3 Å². The molecule has 2 aliphatic heterocycles. The highest BCUT2D eigenvalue weighted by atomic mass is 16.7. The number of hydrogen-bond acceptors (Lipinski definition) is 6. The highest BCUT2D eigenvalue weighted by Gasteiger charge is 2.29. The Bertz CT molecular complexity index is 743. The van der Waals surface area contributed by atoms with Crippen LogP contribution in [-0.2, 0) is 14.3 Å². The molecule has 4 rings (SSSR count). The van der Waals surface area contributed by atoms with Gasteiger partial charge in [-0.05, 0) is 49.7 Å². The summed E-state index contributed by atoms with van der Waals surface area (Å²) in [7, 11) is 0. The van der Waals surface area contributed by atoms with Crippen LogP contribution in [0, 0.1) is 11.8 Å². The first kappa shape index (κ1) is 21.0. The Labute approximate surface area is 178 Å². The first-order chi connectivity index (χ1) is 14.6. The number of nitrogens with zero attached hydrogens (tertiary/aromatic N) is 2. The van der Waals surface area contributed by atoms with Crippen molar-refractivity contribution in [3.63, 3.8) is 0 Å². The third-order valence-corrected chi connectivity index (χ3v) is 6.33. The maximum absolute atomic E-state index is 12.4. The van der Waals surface area contributed by atoms with Crippen LogP contribution in [0.2, 0.25) is 0 Å². The van der Waals surface area contributed by atoms with Crippen molar-refractivity contribution in [3.8, 4) is 5.75 Å². The third kappa shape index (κ3) is 5.25. The number of likely N-dealkylation sites (tertiary alicyclic amines) is 1. The van der Waals surface area contributed by atoms with E-state index >= 15 is 0 Å². The van der Waals surface area contributed by atoms with Gasteiger partial charge in [-0.1, -0.05) is 25.5 Å². The fraction of sp³-hybridized carbons (Fsp3) is 0.652. The topological polar surface area (TPSA) is 68.3 Å². The molecule has 1 aromatic rings. The van der Waals surface area contributed by atoms with Gasteiger partial charge in [0.15, 0.2) is 6.61 Å². The van der Waals surface area contributed by atoms with Crippen LogP contribution in [0.1, 0.15) is 39.0 Å². The number of fused-ring (bicyclic) bond motifs is 1. The quantitative estimate of drug-likeness (QED) is 0.634. The molecule has 1 amide bonds. The lowest BCUT2D eigenvalue weighted by Gasteiger charge is -2.35. The summed E-state index contributed by atoms with van der Waals surface area (Å²) in [4.78, 5) is 28.5. The minimum atomic E-state index is -0.516. The van der Waals surface area contributed by atoms with E-state index < -0.39 is 6.16 Å². The minimum absolute atomic E-state index is 0.00747. The molecule has 1 saturated heterocycles. The molecule has 7 heteroatoms. The molecule has 0 N–H and O–H groups in total. The zero-order valence-corrected chi connectivity index (χ0v) is 17.8. The van der Waals surface area contributed by atoms with Gasteiger partial charge in [0.05, 0.1) is 12.3 Å². The number of hydrogen-bond donors (Lipinski definition) is 0. The number of carbonyl (C=O) groups is 2. The molecule has 2 fully saturated rings. The van der Waals surface area contributed by atoms with E-state index in [0.717, 1.165) is 56.8 Å². The summed E-state index contributed by atoms with van der Waals surface area (Å²) in [5, 5.41) is 0. The van der Waals surface area contributed by atoms with Crippen LogP contribution in [0.25, 0.3) is 0 Å². The fourth-order valence-electron chi connectivity index (χ4n) is 4.39. The van der Waals surface area contributed by atoms with E-state index in [1.165, 1.54) is 6.42 Å². The van der Waals surface area contributed by atoms with Gasteiger partial charge in [-0.15, -0.1) is 0 Å². The molecule has 1 saturated carbocycles. The van der Waals surface area contributed by atoms with Crippen molar-refractivity contribution in [3.05, 3.63) is 24.3 Å². The molecular weight excluding hydrogens is 384 g/mol. The van der Waals surface area contributed by atoms with Gasteiger partial charge < -0.3 is 24.0 Å². The zero-order chi connectivity index (χ0) is 20.9. The lowest BCUT2D eigenvalue weighted by atomic mass is 9.86. The second-order valence-corrected chi connectivity index (χ2v) is 8.84. The summed E-state index contributed by atoms with van der Waals surface area (Å²) >= 11 is 0. The molecule has 1 aliphatic carbocycles. The van der Waals surface area contributed by atoms with E-state index in [2.05, 4.69) is 11.8 Å². The average Bonchev–Trinajstić information content (AvgIpc) is 2.70. The molecule has 1 aromatic carbocycles. The lowest BCUT2D eigenvalue weighted by Crippen LogP contribution is -2.45. The first-order valence-electron chi connectivity index (χ1n) is 11.2. The minimum Gasteiger partial charge on any atom is -0.482 e. The van der Waals surface area contributed by atoms with Crippen molar-refractivity contribution in [1.82, 2.24) is 4.90 Å². The highest BCUT2D eigenvalue weighted by molar-refractivity contribution is 5.97. The molecule has 2 heterocycles. The van der Waals surface area contributed by atoms with Gasteiger partial charge in [0.1, 0.15) is 11.9 Å². The SMILES string of the molecule is C[C@H](CN1CCC(OC(=O)OCC2CCC2)CC1)CN1C(=O)COc2ccccc21. The van der Waals surface area contributed by atoms with Crippen LogP contribution in [-0.4, -0.2) is 62.5 Å². The number of carbonyl (C=O) groups excluding carboxylic acids is 2. The summed E-state index contributed by atoms with van der Waals surface area (Å²) in [5.41, 5.74) is 0.855. The van der Waals surface area contributed by atoms with Gasteiger partial charge in [-0.25, -0.2) is 4.79 Å². The van der Waals surface area contributed by atoms with Crippen LogP contribution >= 0.6 is 0 Å². The number of amides is 1. The van der Waals surface area contributed by atoms with Crippen LogP contribution in [0.5, 0.6) is 5.75 Å². The van der Waals surface area contributed by atoms with Crippen LogP contribution in [0.4, 0.5) is 10.5 Å². The van der Waals surface area contributed by atoms with Gasteiger partial charge in [-0.3, -0.25) is 4.79 Å². The average molecular weight is 417 g/mol. The number of para-hydroxylation sites is 2. The van der Waals surface area contributed by atoms with Crippen molar-refractivity contribution >= 4 is 17.7 Å². The first-order valence-corrected chi connectivity index (χ1v) is 11.2. The third-order valence-electron chi connectivity index (χ3n) is 6.33. The Morgan fingerprint density at radius 2 is 1.93 bits per heavy atom. The standard InChI is InChI=1S/C23H32N2O5/c1-17(14-25-20-7-2-3-8-21(20)28-16-22(25)26)13-24-11-9-19(10-12-24)30-23(27)29-15-18-5-4-6-18/h2-3,7-8,17-19H,4-6,9-16H2,1H3/t17-/m1/s1. The number of rotatable bonds is 7. The van der Waals surface area contributed by atoms with Crippen LogP contribution in [0.15, 0.2) is 24.3 Å². The van der Waals surface area contributed by atoms with Crippen LogP contribution < -0.4 is 9.64 Å². The Balaban J connectivity index is 1.19. The lowest BCUT2D eigenvalue weighted by molar-refractivity contribution is -0.121. The molecular formula is C23H32N2O5. The molecule has 0 bridgehead atoms. The fourth-order valence-corrected chi connectivity index (χ4v) is 4.39. The highest BCUT2D eigenvalue weighted by Crippen LogP contribution is 2.32. The maximum Gasteiger partial charge on any atom is 0.508 e. The molecule has 164 valence electrons. The zero-order valence-electron chi connectivity index (χ0n) is 17.8. The Hall–Kier alpha value is -2.28. The molecule has 0 aromatic heterocycles. The van der Waals surface area contributed by atoms with Crippen molar-refractivity contribution in [2.24, 2.45) is 11.8 Å². The van der Waals surface area contributed by atoms with Gasteiger partial charge in [0, 0.05) is 26.2 Å². The van der Waals surface area contributed by atoms with E-state index in [1.54, 1.807) is 0 Å². The largest absolute Gasteiger partial charge is 0.508 e. The van der Waals surface area contributed by atoms with Crippen molar-refractivity contribution in [2.45, 2.75) is 45.1 Å². The second kappa shape index (κ2) is 9.69. The van der Waals surface area contributed by atoms with E-state index in [9.17, 15) is 9.59 Å². The molecule has 30 heavy (non-hydrogen) atoms. The predicted octanol–water partition coefficient (Wildman–Crippen LogP) is 3.47. The summed E-state index contributed by atoms with van der Waals surface area (Å²) in [6.07, 6.45) is 4.63. The monoisotopic (exact) mass is 416 g/mol. The number of benzene rings is 1. The normalized spacial score (nSPS) is 21.4. The van der Waals surface area contributed by atoms with E-state index in [1.807, 2.05) is 29.2 Å². The van der Waals surface area contributed by atoms with Crippen molar-refractivity contribution < 1.29 is 23.8 Å². The molecule has 7 nitrogen and oxygen atoms in total. The maximum atomic E-state index is 12.4. The number of ether oxygens (including phenoxy) is 3. The Morgan fingerprint density at radius 3 is 2.67 bits per heavy atom. The van der Waals surface area contributed by atoms with Crippen LogP contribution in [0.3, 0.4) is 0 Å². The van der Waals surface area contributed by atoms with E-state index in [4.69, 9.17) is 14.2 Å². The summed E-state index contributed by atoms with van der Waals surface area (Å²) in [5.74, 6) is 1.63. The second-order valence-electron chi connectivity index (χ2n) is 8.84.